The Kier molecular flexibility index (Phi) is 4.68. The highest BCUT2D eigenvalue weighted by molar-refractivity contribution is 7.99. The summed E-state index contributed by atoms with van der Waals surface area (Å²) in [5.74, 6) is -0.392. The lowest BCUT2D eigenvalue weighted by Gasteiger charge is -2.07. The second kappa shape index (κ2) is 7.16. The molecule has 6 nitrogen and oxygen atoms in total. The van der Waals surface area contributed by atoms with Gasteiger partial charge >= 0.3 is 6.29 Å². The van der Waals surface area contributed by atoms with Gasteiger partial charge in [-0.25, -0.2) is 4.98 Å². The summed E-state index contributed by atoms with van der Waals surface area (Å²) >= 11 is 1.28. The third-order valence-electron chi connectivity index (χ3n) is 3.95. The molecule has 28 heavy (non-hydrogen) atoms. The van der Waals surface area contributed by atoms with Gasteiger partial charge in [0.05, 0.1) is 16.8 Å². The average Bonchev–Trinajstić information content (AvgIpc) is 3.15. The number of ether oxygens (including phenoxy) is 2. The zero-order valence-electron chi connectivity index (χ0n) is 14.5. The van der Waals surface area contributed by atoms with Gasteiger partial charge in [-0.15, -0.1) is 15.4 Å². The van der Waals surface area contributed by atoms with Gasteiger partial charge in [0.15, 0.2) is 16.7 Å². The fraction of sp³-hybridized carbons (Fsp3) is 0.158. The Balaban J connectivity index is 1.44. The highest BCUT2D eigenvalue weighted by Gasteiger charge is 2.43. The van der Waals surface area contributed by atoms with Crippen LogP contribution in [0.25, 0.3) is 11.0 Å². The summed E-state index contributed by atoms with van der Waals surface area (Å²) in [4.78, 5) is 16.8. The van der Waals surface area contributed by atoms with E-state index in [1.807, 2.05) is 28.8 Å². The number of anilines is 1. The maximum atomic E-state index is 13.1. The largest absolute Gasteiger partial charge is 0.586 e. The van der Waals surface area contributed by atoms with Crippen LogP contribution >= 0.6 is 11.8 Å². The number of nitrogens with zero attached hydrogens (tertiary/aromatic N) is 2. The van der Waals surface area contributed by atoms with Gasteiger partial charge in [-0.2, -0.15) is 0 Å². The number of aromatic nitrogens is 2. The maximum absolute atomic E-state index is 13.1. The molecular weight excluding hydrogens is 388 g/mol. The third kappa shape index (κ3) is 3.65. The molecule has 1 N–H and O–H groups in total. The number of thioether (sulfide) groups is 1. The predicted molar refractivity (Wildman–Crippen MR) is 102 cm³/mol. The number of carbonyl (C=O) groups excluding carboxylic acids is 1. The van der Waals surface area contributed by atoms with Crippen molar-refractivity contribution in [2.75, 3.05) is 11.1 Å². The van der Waals surface area contributed by atoms with E-state index < -0.39 is 6.29 Å². The molecule has 1 aliphatic heterocycles. The number of hydrogen-bond donors (Lipinski definition) is 1. The fourth-order valence-corrected chi connectivity index (χ4v) is 3.65. The van der Waals surface area contributed by atoms with Crippen LogP contribution in [0, 0.1) is 0 Å². The maximum Gasteiger partial charge on any atom is 0.586 e. The van der Waals surface area contributed by atoms with E-state index in [1.54, 1.807) is 6.08 Å². The van der Waals surface area contributed by atoms with Crippen molar-refractivity contribution in [3.8, 4) is 11.5 Å². The average molecular weight is 403 g/mol. The molecule has 1 aliphatic rings. The van der Waals surface area contributed by atoms with Crippen molar-refractivity contribution >= 4 is 34.4 Å². The molecule has 0 saturated heterocycles. The number of amides is 1. The van der Waals surface area contributed by atoms with Gasteiger partial charge in [-0.3, -0.25) is 4.79 Å². The number of nitrogens with one attached hydrogen (secondary N) is 1. The second-order valence-electron chi connectivity index (χ2n) is 5.95. The van der Waals surface area contributed by atoms with Crippen LogP contribution in [-0.2, 0) is 11.3 Å². The number of rotatable bonds is 6. The minimum atomic E-state index is -3.69. The van der Waals surface area contributed by atoms with Gasteiger partial charge in [0.1, 0.15) is 0 Å². The normalized spacial score (nSPS) is 14.2. The van der Waals surface area contributed by atoms with Crippen LogP contribution in [0.1, 0.15) is 0 Å². The number of alkyl halides is 2. The van der Waals surface area contributed by atoms with E-state index in [2.05, 4.69) is 26.4 Å². The number of fused-ring (bicyclic) bond motifs is 2. The van der Waals surface area contributed by atoms with Crippen LogP contribution in [-0.4, -0.2) is 27.5 Å². The van der Waals surface area contributed by atoms with Crippen LogP contribution in [0.3, 0.4) is 0 Å². The molecule has 0 atom stereocenters. The molecule has 0 saturated carbocycles. The molecule has 0 bridgehead atoms. The van der Waals surface area contributed by atoms with Crippen LogP contribution in [0.2, 0.25) is 0 Å². The summed E-state index contributed by atoms with van der Waals surface area (Å²) in [6.45, 7) is 4.33. The monoisotopic (exact) mass is 403 g/mol. The van der Waals surface area contributed by atoms with E-state index in [0.29, 0.717) is 17.4 Å². The smallest absolute Gasteiger partial charge is 0.395 e. The summed E-state index contributed by atoms with van der Waals surface area (Å²) in [5.41, 5.74) is 2.14. The quantitative estimate of drug-likeness (QED) is 0.492. The van der Waals surface area contributed by atoms with E-state index in [0.717, 1.165) is 11.0 Å². The van der Waals surface area contributed by atoms with Gasteiger partial charge in [0.2, 0.25) is 5.91 Å². The van der Waals surface area contributed by atoms with Crippen molar-refractivity contribution in [1.82, 2.24) is 9.55 Å². The van der Waals surface area contributed by atoms with Gasteiger partial charge in [-0.1, -0.05) is 30.0 Å². The highest BCUT2D eigenvalue weighted by atomic mass is 32.2. The first-order valence-corrected chi connectivity index (χ1v) is 9.32. The molecule has 0 unspecified atom stereocenters. The number of imidazole rings is 1. The van der Waals surface area contributed by atoms with Crippen molar-refractivity contribution in [3.05, 3.63) is 55.1 Å². The molecular formula is C19H15F2N3O3S. The first-order chi connectivity index (χ1) is 13.4. The Labute approximate surface area is 163 Å². The zero-order valence-corrected chi connectivity index (χ0v) is 15.3. The summed E-state index contributed by atoms with van der Waals surface area (Å²) in [6.07, 6.45) is -1.92. The van der Waals surface area contributed by atoms with Gasteiger partial charge in [0.25, 0.3) is 0 Å². The first kappa shape index (κ1) is 18.3. The van der Waals surface area contributed by atoms with Crippen molar-refractivity contribution < 1.29 is 23.0 Å². The topological polar surface area (TPSA) is 65.4 Å². The number of carbonyl (C=O) groups is 1. The van der Waals surface area contributed by atoms with Crippen LogP contribution in [0.5, 0.6) is 11.5 Å². The minimum Gasteiger partial charge on any atom is -0.395 e. The second-order valence-corrected chi connectivity index (χ2v) is 6.89. The molecule has 4 rings (SSSR count). The molecule has 1 aromatic heterocycles. The van der Waals surface area contributed by atoms with Gasteiger partial charge in [-0.05, 0) is 24.3 Å². The molecule has 144 valence electrons. The lowest BCUT2D eigenvalue weighted by atomic mass is 10.3. The van der Waals surface area contributed by atoms with E-state index in [9.17, 15) is 13.6 Å². The Morgan fingerprint density at radius 1 is 1.25 bits per heavy atom. The van der Waals surface area contributed by atoms with Crippen LogP contribution in [0.15, 0.2) is 60.3 Å². The lowest BCUT2D eigenvalue weighted by Crippen LogP contribution is -2.25. The molecule has 3 aromatic rings. The van der Waals surface area contributed by atoms with E-state index >= 15 is 0 Å². The SMILES string of the molecule is C=CCn1c(SCC(=O)Nc2ccc3c(c2)OC(F)(F)O3)nc2ccccc21. The molecule has 0 spiro atoms. The highest BCUT2D eigenvalue weighted by Crippen LogP contribution is 2.42. The Bertz CT molecular complexity index is 1070. The zero-order chi connectivity index (χ0) is 19.7. The molecule has 0 aliphatic carbocycles. The van der Waals surface area contributed by atoms with Crippen LogP contribution < -0.4 is 14.8 Å². The number of benzene rings is 2. The minimum absolute atomic E-state index is 0.0736. The number of para-hydroxylation sites is 2. The van der Waals surface area contributed by atoms with Crippen molar-refractivity contribution in [2.24, 2.45) is 0 Å². The van der Waals surface area contributed by atoms with Gasteiger partial charge in [0, 0.05) is 18.3 Å². The van der Waals surface area contributed by atoms with Crippen LogP contribution in [0.4, 0.5) is 14.5 Å². The molecule has 1 amide bonds. The number of halogens is 2. The molecule has 9 heteroatoms. The summed E-state index contributed by atoms with van der Waals surface area (Å²) < 4.78 is 36.8. The summed E-state index contributed by atoms with van der Waals surface area (Å²) in [6, 6.07) is 11.8. The van der Waals surface area contributed by atoms with Gasteiger partial charge < -0.3 is 19.4 Å². The third-order valence-corrected chi connectivity index (χ3v) is 4.92. The Hall–Kier alpha value is -3.07. The molecule has 2 aromatic carbocycles. The fourth-order valence-electron chi connectivity index (χ4n) is 2.82. The number of hydrogen-bond acceptors (Lipinski definition) is 5. The first-order valence-electron chi connectivity index (χ1n) is 8.34. The summed E-state index contributed by atoms with van der Waals surface area (Å²) in [7, 11) is 0. The molecule has 2 heterocycles. The van der Waals surface area contributed by atoms with Crippen molar-refractivity contribution in [1.29, 1.82) is 0 Å². The Morgan fingerprint density at radius 3 is 2.86 bits per heavy atom. The van der Waals surface area contributed by atoms with E-state index in [1.165, 1.54) is 30.0 Å². The van der Waals surface area contributed by atoms with Crippen molar-refractivity contribution in [3.63, 3.8) is 0 Å². The molecule has 0 radical (unpaired) electrons. The van der Waals surface area contributed by atoms with Crippen molar-refractivity contribution in [2.45, 2.75) is 18.0 Å². The summed E-state index contributed by atoms with van der Waals surface area (Å²) in [5, 5.41) is 3.35. The van der Waals surface area contributed by atoms with E-state index in [-0.39, 0.29) is 23.2 Å². The lowest BCUT2D eigenvalue weighted by molar-refractivity contribution is -0.286. The molecule has 0 fully saturated rings. The standard InChI is InChI=1S/C19H15F2N3O3S/c1-2-9-24-14-6-4-3-5-13(14)23-18(24)28-11-17(25)22-12-7-8-15-16(10-12)27-19(20,21)26-15/h2-8,10H,1,9,11H2,(H,22,25). The predicted octanol–water partition coefficient (Wildman–Crippen LogP) is 4.27. The van der Waals surface area contributed by atoms with E-state index in [4.69, 9.17) is 0 Å². The Morgan fingerprint density at radius 2 is 2.04 bits per heavy atom. The number of allylic oxidation sites excluding steroid dienone is 1.